The van der Waals surface area contributed by atoms with Crippen LogP contribution in [-0.4, -0.2) is 12.0 Å². The van der Waals surface area contributed by atoms with Crippen LogP contribution in [0.25, 0.3) is 0 Å². The molecule has 0 radical (unpaired) electrons. The van der Waals surface area contributed by atoms with E-state index in [1.807, 2.05) is 0 Å². The van der Waals surface area contributed by atoms with Gasteiger partial charge in [-0.25, -0.2) is 0 Å². The van der Waals surface area contributed by atoms with E-state index in [4.69, 9.17) is 5.73 Å². The Morgan fingerprint density at radius 3 is 2.40 bits per heavy atom. The first-order valence-corrected chi connectivity index (χ1v) is 3.68. The molecule has 3 nitrogen and oxygen atoms in total. The number of nitrogens with two attached hydrogens (primary N) is 1. The lowest BCUT2D eigenvalue weighted by Gasteiger charge is -2.28. The van der Waals surface area contributed by atoms with Crippen molar-refractivity contribution in [2.45, 2.75) is 31.7 Å². The number of carboxylic acid groups (broad SMARTS) is 1. The molecule has 0 saturated heterocycles. The third-order valence-corrected chi connectivity index (χ3v) is 2.12. The van der Waals surface area contributed by atoms with Crippen LogP contribution in [0.3, 0.4) is 0 Å². The smallest absolute Gasteiger partial charge is 0.0460 e. The molecule has 1 saturated carbocycles. The molecule has 0 aromatic rings. The van der Waals surface area contributed by atoms with Gasteiger partial charge in [0.15, 0.2) is 0 Å². The Morgan fingerprint density at radius 2 is 2.00 bits per heavy atom. The lowest BCUT2D eigenvalue weighted by Crippen LogP contribution is -2.44. The summed E-state index contributed by atoms with van der Waals surface area (Å²) < 4.78 is 0. The molecule has 1 rings (SSSR count). The Balaban J connectivity index is 2.47. The second kappa shape index (κ2) is 3.01. The Hall–Kier alpha value is -0.570. The molecule has 1 aliphatic carbocycles. The highest BCUT2D eigenvalue weighted by molar-refractivity contribution is 5.68. The molecule has 0 aromatic carbocycles. The molecule has 58 valence electrons. The summed E-state index contributed by atoms with van der Waals surface area (Å²) in [5.74, 6) is -1.37. The fourth-order valence-electron chi connectivity index (χ4n) is 1.45. The van der Waals surface area contributed by atoms with Gasteiger partial charge in [-0.2, -0.15) is 0 Å². The fraction of sp³-hybridized carbons (Fsp3) is 0.857. The van der Waals surface area contributed by atoms with Crippen molar-refractivity contribution in [2.75, 3.05) is 0 Å². The summed E-state index contributed by atoms with van der Waals surface area (Å²) in [5.41, 5.74) is 5.56. The van der Waals surface area contributed by atoms with E-state index >= 15 is 0 Å². The number of hydrogen-bond acceptors (Lipinski definition) is 3. The van der Waals surface area contributed by atoms with E-state index in [1.165, 1.54) is 0 Å². The number of hydrogen-bond donors (Lipinski definition) is 1. The van der Waals surface area contributed by atoms with Gasteiger partial charge in [0.2, 0.25) is 0 Å². The molecule has 0 aromatic heterocycles. The molecule has 0 aliphatic heterocycles. The van der Waals surface area contributed by atoms with Crippen molar-refractivity contribution >= 4 is 5.97 Å². The SMILES string of the molecule is N[C@H]1CCCC[C@H]1C(=O)[O-]. The van der Waals surface area contributed by atoms with E-state index in [1.54, 1.807) is 0 Å². The minimum absolute atomic E-state index is 0.168. The van der Waals surface area contributed by atoms with Gasteiger partial charge >= 0.3 is 0 Å². The van der Waals surface area contributed by atoms with Crippen LogP contribution >= 0.6 is 0 Å². The van der Waals surface area contributed by atoms with E-state index in [0.29, 0.717) is 6.42 Å². The molecule has 3 heteroatoms. The molecule has 0 spiro atoms. The summed E-state index contributed by atoms with van der Waals surface area (Å²) >= 11 is 0. The van der Waals surface area contributed by atoms with Gasteiger partial charge in [-0.15, -0.1) is 0 Å². The van der Waals surface area contributed by atoms with Gasteiger partial charge in [0.05, 0.1) is 0 Å². The van der Waals surface area contributed by atoms with Crippen LogP contribution < -0.4 is 10.8 Å². The number of rotatable bonds is 1. The zero-order chi connectivity index (χ0) is 7.56. The van der Waals surface area contributed by atoms with Crippen LogP contribution in [0, 0.1) is 5.92 Å². The largest absolute Gasteiger partial charge is 0.550 e. The Morgan fingerprint density at radius 1 is 1.40 bits per heavy atom. The van der Waals surface area contributed by atoms with Gasteiger partial charge in [0, 0.05) is 17.9 Å². The normalized spacial score (nSPS) is 33.7. The average Bonchev–Trinajstić information content (AvgIpc) is 1.88. The first-order valence-electron chi connectivity index (χ1n) is 3.68. The maximum atomic E-state index is 10.4. The van der Waals surface area contributed by atoms with Crippen molar-refractivity contribution in [2.24, 2.45) is 11.7 Å². The van der Waals surface area contributed by atoms with Crippen molar-refractivity contribution in [3.05, 3.63) is 0 Å². The average molecular weight is 142 g/mol. The maximum Gasteiger partial charge on any atom is 0.0460 e. The molecule has 0 heterocycles. The van der Waals surface area contributed by atoms with Crippen molar-refractivity contribution in [3.63, 3.8) is 0 Å². The van der Waals surface area contributed by atoms with Gasteiger partial charge < -0.3 is 15.6 Å². The van der Waals surface area contributed by atoms with Gasteiger partial charge in [-0.3, -0.25) is 0 Å². The summed E-state index contributed by atoms with van der Waals surface area (Å²) in [5, 5.41) is 10.4. The van der Waals surface area contributed by atoms with Crippen LogP contribution in [0.4, 0.5) is 0 Å². The third-order valence-electron chi connectivity index (χ3n) is 2.12. The van der Waals surface area contributed by atoms with E-state index in [0.717, 1.165) is 19.3 Å². The van der Waals surface area contributed by atoms with Gasteiger partial charge in [-0.1, -0.05) is 12.8 Å². The second-order valence-corrected chi connectivity index (χ2v) is 2.87. The third kappa shape index (κ3) is 1.48. The molecule has 10 heavy (non-hydrogen) atoms. The predicted octanol–water partition coefficient (Wildman–Crippen LogP) is -0.746. The Labute approximate surface area is 60.2 Å². The Bertz CT molecular complexity index is 136. The lowest BCUT2D eigenvalue weighted by molar-refractivity contribution is -0.312. The van der Waals surface area contributed by atoms with Crippen LogP contribution in [0.15, 0.2) is 0 Å². The van der Waals surface area contributed by atoms with Crippen LogP contribution in [-0.2, 0) is 4.79 Å². The van der Waals surface area contributed by atoms with Crippen LogP contribution in [0.1, 0.15) is 25.7 Å². The number of carbonyl (C=O) groups excluding carboxylic acids is 1. The minimum Gasteiger partial charge on any atom is -0.550 e. The number of carboxylic acids is 1. The topological polar surface area (TPSA) is 66.2 Å². The van der Waals surface area contributed by atoms with Crippen LogP contribution in [0.5, 0.6) is 0 Å². The Kier molecular flexibility index (Phi) is 2.27. The minimum atomic E-state index is -0.979. The second-order valence-electron chi connectivity index (χ2n) is 2.87. The molecular formula is C7H12NO2-. The van der Waals surface area contributed by atoms with Gasteiger partial charge in [-0.05, 0) is 12.8 Å². The summed E-state index contributed by atoms with van der Waals surface area (Å²) in [6.07, 6.45) is 3.57. The predicted molar refractivity (Wildman–Crippen MR) is 34.9 cm³/mol. The molecule has 1 fully saturated rings. The maximum absolute atomic E-state index is 10.4. The highest BCUT2D eigenvalue weighted by atomic mass is 16.4. The first-order chi connectivity index (χ1) is 4.72. The molecule has 0 bridgehead atoms. The molecular weight excluding hydrogens is 130 g/mol. The highest BCUT2D eigenvalue weighted by Gasteiger charge is 2.21. The number of aliphatic carboxylic acids is 1. The van der Waals surface area contributed by atoms with E-state index in [2.05, 4.69) is 0 Å². The van der Waals surface area contributed by atoms with Crippen LogP contribution in [0.2, 0.25) is 0 Å². The first kappa shape index (κ1) is 7.54. The van der Waals surface area contributed by atoms with Crippen molar-refractivity contribution in [1.29, 1.82) is 0 Å². The molecule has 0 unspecified atom stereocenters. The zero-order valence-electron chi connectivity index (χ0n) is 5.88. The zero-order valence-corrected chi connectivity index (χ0v) is 5.88. The summed E-state index contributed by atoms with van der Waals surface area (Å²) in [6.45, 7) is 0. The molecule has 2 atom stereocenters. The van der Waals surface area contributed by atoms with E-state index in [9.17, 15) is 9.90 Å². The molecule has 0 amide bonds. The summed E-state index contributed by atoms with van der Waals surface area (Å²) in [4.78, 5) is 10.4. The monoisotopic (exact) mass is 142 g/mol. The van der Waals surface area contributed by atoms with E-state index in [-0.39, 0.29) is 6.04 Å². The van der Waals surface area contributed by atoms with Crippen molar-refractivity contribution in [3.8, 4) is 0 Å². The fourth-order valence-corrected chi connectivity index (χ4v) is 1.45. The quantitative estimate of drug-likeness (QED) is 0.524. The van der Waals surface area contributed by atoms with Crippen molar-refractivity contribution in [1.82, 2.24) is 0 Å². The lowest BCUT2D eigenvalue weighted by atomic mass is 9.85. The van der Waals surface area contributed by atoms with Crippen molar-refractivity contribution < 1.29 is 9.90 Å². The van der Waals surface area contributed by atoms with E-state index < -0.39 is 11.9 Å². The molecule has 1 aliphatic rings. The standard InChI is InChI=1S/C7H13NO2/c8-6-4-2-1-3-5(6)7(9)10/h5-6H,1-4,8H2,(H,9,10)/p-1/t5-,6+/m1/s1. The highest BCUT2D eigenvalue weighted by Crippen LogP contribution is 2.21. The summed E-state index contributed by atoms with van der Waals surface area (Å²) in [6, 6.07) is -0.168. The summed E-state index contributed by atoms with van der Waals surface area (Å²) in [7, 11) is 0. The van der Waals surface area contributed by atoms with Gasteiger partial charge in [0.1, 0.15) is 0 Å². The molecule has 2 N–H and O–H groups in total. The van der Waals surface area contributed by atoms with Gasteiger partial charge in [0.25, 0.3) is 0 Å². The number of carbonyl (C=O) groups is 1.